The van der Waals surface area contributed by atoms with Crippen LogP contribution in [0.15, 0.2) is 30.3 Å². The van der Waals surface area contributed by atoms with E-state index < -0.39 is 5.97 Å². The van der Waals surface area contributed by atoms with Crippen molar-refractivity contribution in [1.82, 2.24) is 0 Å². The Morgan fingerprint density at radius 1 is 1.38 bits per heavy atom. The van der Waals surface area contributed by atoms with E-state index in [9.17, 15) is 4.79 Å². The third kappa shape index (κ3) is 2.61. The van der Waals surface area contributed by atoms with Gasteiger partial charge in [-0.3, -0.25) is 10.7 Å². The number of para-hydroxylation sites is 1. The maximum atomic E-state index is 10.2. The van der Waals surface area contributed by atoms with Crippen molar-refractivity contribution in [2.75, 3.05) is 5.48 Å². The minimum absolute atomic E-state index is 0.472. The highest BCUT2D eigenvalue weighted by molar-refractivity contribution is 5.86. The van der Waals surface area contributed by atoms with E-state index in [0.717, 1.165) is 6.08 Å². The van der Waals surface area contributed by atoms with Gasteiger partial charge in [-0.15, -0.1) is 0 Å². The first-order valence-corrected chi connectivity index (χ1v) is 3.64. The molecule has 1 aromatic rings. The molecule has 0 aromatic heterocycles. The molecule has 0 saturated heterocycles. The molecule has 68 valence electrons. The molecule has 0 unspecified atom stereocenters. The van der Waals surface area contributed by atoms with Crippen LogP contribution in [0, 0.1) is 0 Å². The number of carboxylic acid groups (broad SMARTS) is 1. The Kier molecular flexibility index (Phi) is 3.05. The van der Waals surface area contributed by atoms with Gasteiger partial charge in [-0.2, -0.15) is 0 Å². The predicted octanol–water partition coefficient (Wildman–Crippen LogP) is 1.59. The number of aliphatic carboxylic acids is 1. The van der Waals surface area contributed by atoms with Crippen LogP contribution < -0.4 is 5.48 Å². The highest BCUT2D eigenvalue weighted by Gasteiger charge is 1.95. The third-order valence-electron chi connectivity index (χ3n) is 1.49. The summed E-state index contributed by atoms with van der Waals surface area (Å²) in [6, 6.07) is 6.82. The van der Waals surface area contributed by atoms with E-state index >= 15 is 0 Å². The molecular weight excluding hydrogens is 170 g/mol. The van der Waals surface area contributed by atoms with Crippen molar-refractivity contribution >= 4 is 17.7 Å². The van der Waals surface area contributed by atoms with Crippen molar-refractivity contribution in [2.24, 2.45) is 0 Å². The average molecular weight is 179 g/mol. The minimum Gasteiger partial charge on any atom is -0.478 e. The first kappa shape index (κ1) is 9.28. The molecule has 0 spiro atoms. The lowest BCUT2D eigenvalue weighted by Crippen LogP contribution is -1.92. The topological polar surface area (TPSA) is 69.6 Å². The van der Waals surface area contributed by atoms with Crippen LogP contribution in [0.1, 0.15) is 5.56 Å². The van der Waals surface area contributed by atoms with Crippen LogP contribution in [0.2, 0.25) is 0 Å². The molecule has 0 bridgehead atoms. The minimum atomic E-state index is -1.02. The Bertz CT molecular complexity index is 333. The predicted molar refractivity (Wildman–Crippen MR) is 48.5 cm³/mol. The number of benzene rings is 1. The molecular formula is C9H9NO3. The summed E-state index contributed by atoms with van der Waals surface area (Å²) in [5.74, 6) is -1.02. The van der Waals surface area contributed by atoms with Gasteiger partial charge in [0, 0.05) is 11.6 Å². The van der Waals surface area contributed by atoms with E-state index in [1.165, 1.54) is 6.08 Å². The van der Waals surface area contributed by atoms with Crippen molar-refractivity contribution in [3.63, 3.8) is 0 Å². The summed E-state index contributed by atoms with van der Waals surface area (Å²) in [7, 11) is 0. The van der Waals surface area contributed by atoms with Crippen LogP contribution in [0.3, 0.4) is 0 Å². The second kappa shape index (κ2) is 4.27. The molecule has 0 aliphatic heterocycles. The second-order valence-electron chi connectivity index (χ2n) is 2.37. The highest BCUT2D eigenvalue weighted by atomic mass is 16.5. The maximum absolute atomic E-state index is 10.2. The van der Waals surface area contributed by atoms with Gasteiger partial charge in [0.15, 0.2) is 0 Å². The van der Waals surface area contributed by atoms with E-state index in [-0.39, 0.29) is 0 Å². The van der Waals surface area contributed by atoms with Crippen molar-refractivity contribution < 1.29 is 15.1 Å². The van der Waals surface area contributed by atoms with Crippen LogP contribution in [-0.2, 0) is 4.79 Å². The zero-order valence-electron chi connectivity index (χ0n) is 6.77. The summed E-state index contributed by atoms with van der Waals surface area (Å²) < 4.78 is 0. The summed E-state index contributed by atoms with van der Waals surface area (Å²) in [5.41, 5.74) is 3.07. The Morgan fingerprint density at radius 3 is 2.69 bits per heavy atom. The Balaban J connectivity index is 2.93. The van der Waals surface area contributed by atoms with Gasteiger partial charge in [0.25, 0.3) is 0 Å². The van der Waals surface area contributed by atoms with Crippen LogP contribution in [-0.4, -0.2) is 16.3 Å². The summed E-state index contributed by atoms with van der Waals surface area (Å²) in [6.45, 7) is 0. The summed E-state index contributed by atoms with van der Waals surface area (Å²) in [6.07, 6.45) is 2.41. The first-order valence-electron chi connectivity index (χ1n) is 3.64. The van der Waals surface area contributed by atoms with Gasteiger partial charge in [0.05, 0.1) is 5.69 Å². The van der Waals surface area contributed by atoms with E-state index in [1.807, 2.05) is 5.48 Å². The van der Waals surface area contributed by atoms with Gasteiger partial charge in [0.2, 0.25) is 0 Å². The van der Waals surface area contributed by atoms with Gasteiger partial charge < -0.3 is 5.11 Å². The molecule has 0 radical (unpaired) electrons. The fraction of sp³-hybridized carbons (Fsp3) is 0. The molecule has 0 aliphatic rings. The molecule has 0 saturated carbocycles. The van der Waals surface area contributed by atoms with Crippen molar-refractivity contribution in [3.05, 3.63) is 35.9 Å². The smallest absolute Gasteiger partial charge is 0.328 e. The van der Waals surface area contributed by atoms with E-state index in [0.29, 0.717) is 11.3 Å². The number of rotatable bonds is 3. The molecule has 0 atom stereocenters. The lowest BCUT2D eigenvalue weighted by molar-refractivity contribution is -0.131. The van der Waals surface area contributed by atoms with Crippen LogP contribution in [0.4, 0.5) is 5.69 Å². The zero-order chi connectivity index (χ0) is 9.68. The van der Waals surface area contributed by atoms with Gasteiger partial charge in [0.1, 0.15) is 0 Å². The summed E-state index contributed by atoms with van der Waals surface area (Å²) >= 11 is 0. The Labute approximate surface area is 75.1 Å². The number of hydrogen-bond acceptors (Lipinski definition) is 3. The van der Waals surface area contributed by atoms with E-state index in [1.54, 1.807) is 24.3 Å². The van der Waals surface area contributed by atoms with Gasteiger partial charge in [-0.1, -0.05) is 18.2 Å². The Hall–Kier alpha value is -1.81. The summed E-state index contributed by atoms with van der Waals surface area (Å²) in [5, 5.41) is 17.0. The standard InChI is InChI=1S/C9H9NO3/c11-9(12)6-5-7-3-1-2-4-8(7)10-13/h1-6,10,13H,(H,11,12)/b6-5-. The zero-order valence-corrected chi connectivity index (χ0v) is 6.77. The quantitative estimate of drug-likeness (QED) is 0.486. The second-order valence-corrected chi connectivity index (χ2v) is 2.37. The van der Waals surface area contributed by atoms with Gasteiger partial charge in [-0.25, -0.2) is 4.79 Å². The summed E-state index contributed by atoms with van der Waals surface area (Å²) in [4.78, 5) is 10.2. The van der Waals surface area contributed by atoms with Crippen molar-refractivity contribution in [2.45, 2.75) is 0 Å². The van der Waals surface area contributed by atoms with Crippen molar-refractivity contribution in [1.29, 1.82) is 0 Å². The number of nitrogens with one attached hydrogen (secondary N) is 1. The maximum Gasteiger partial charge on any atom is 0.328 e. The molecule has 0 fully saturated rings. The van der Waals surface area contributed by atoms with Crippen LogP contribution in [0.5, 0.6) is 0 Å². The van der Waals surface area contributed by atoms with Crippen molar-refractivity contribution in [3.8, 4) is 0 Å². The molecule has 0 heterocycles. The normalized spacial score (nSPS) is 10.2. The lowest BCUT2D eigenvalue weighted by Gasteiger charge is -2.01. The Morgan fingerprint density at radius 2 is 2.08 bits per heavy atom. The molecule has 1 aromatic carbocycles. The molecule has 0 aliphatic carbocycles. The molecule has 4 heteroatoms. The van der Waals surface area contributed by atoms with Crippen LogP contribution in [0.25, 0.3) is 6.08 Å². The van der Waals surface area contributed by atoms with Gasteiger partial charge >= 0.3 is 5.97 Å². The van der Waals surface area contributed by atoms with Gasteiger partial charge in [-0.05, 0) is 12.1 Å². The molecule has 4 nitrogen and oxygen atoms in total. The molecule has 1 rings (SSSR count). The molecule has 0 amide bonds. The molecule has 13 heavy (non-hydrogen) atoms. The number of carboxylic acids is 1. The number of anilines is 1. The number of hydrogen-bond donors (Lipinski definition) is 3. The SMILES string of the molecule is O=C(O)/C=C\c1ccccc1NO. The fourth-order valence-corrected chi connectivity index (χ4v) is 0.905. The number of carbonyl (C=O) groups is 1. The largest absolute Gasteiger partial charge is 0.478 e. The van der Waals surface area contributed by atoms with Crippen LogP contribution >= 0.6 is 0 Å². The molecule has 3 N–H and O–H groups in total. The third-order valence-corrected chi connectivity index (χ3v) is 1.49. The lowest BCUT2D eigenvalue weighted by atomic mass is 10.1. The average Bonchev–Trinajstić information content (AvgIpc) is 2.15. The van der Waals surface area contributed by atoms with E-state index in [2.05, 4.69) is 0 Å². The van der Waals surface area contributed by atoms with E-state index in [4.69, 9.17) is 10.3 Å². The monoisotopic (exact) mass is 179 g/mol. The fourth-order valence-electron chi connectivity index (χ4n) is 0.905. The first-order chi connectivity index (χ1) is 6.24. The highest BCUT2D eigenvalue weighted by Crippen LogP contribution is 2.15.